The van der Waals surface area contributed by atoms with Crippen LogP contribution in [-0.2, 0) is 37.3 Å². The van der Waals surface area contributed by atoms with Crippen molar-refractivity contribution in [1.29, 1.82) is 0 Å². The summed E-state index contributed by atoms with van der Waals surface area (Å²) in [5.41, 5.74) is -0.242. The Kier molecular flexibility index (Phi) is 10.1. The Hall–Kier alpha value is -2.22. The summed E-state index contributed by atoms with van der Waals surface area (Å²) in [6, 6.07) is 3.88. The molecular formula is C27H39F3N4O5S. The molecule has 1 unspecified atom stereocenters. The molecular weight excluding hydrogens is 549 g/mol. The lowest BCUT2D eigenvalue weighted by atomic mass is 9.97. The summed E-state index contributed by atoms with van der Waals surface area (Å²) in [6.07, 6.45) is 0.828. The molecule has 4 rings (SSSR count). The molecule has 1 aromatic rings. The maximum absolute atomic E-state index is 13.5. The minimum absolute atomic E-state index is 0.0457. The number of carbonyl (C=O) groups is 2. The Morgan fingerprint density at radius 2 is 1.70 bits per heavy atom. The topological polar surface area (TPSA) is 99.3 Å². The van der Waals surface area contributed by atoms with Crippen LogP contribution in [0.5, 0.6) is 0 Å². The number of alkyl halides is 3. The number of nitrogens with zero attached hydrogens (tertiary/aromatic N) is 3. The largest absolute Gasteiger partial charge is 0.416 e. The monoisotopic (exact) mass is 588 g/mol. The van der Waals surface area contributed by atoms with Gasteiger partial charge in [0, 0.05) is 45.9 Å². The lowest BCUT2D eigenvalue weighted by molar-refractivity contribution is -0.142. The molecule has 2 amide bonds. The highest BCUT2D eigenvalue weighted by molar-refractivity contribution is 7.86. The molecule has 0 aliphatic carbocycles. The molecule has 3 aliphatic rings. The van der Waals surface area contributed by atoms with E-state index in [1.54, 1.807) is 0 Å². The second-order valence-corrected chi connectivity index (χ2v) is 12.8. The third kappa shape index (κ3) is 7.34. The number of halogens is 3. The van der Waals surface area contributed by atoms with Crippen LogP contribution in [0.2, 0.25) is 0 Å². The number of likely N-dealkylation sites (tertiary alicyclic amines) is 1. The van der Waals surface area contributed by atoms with E-state index in [2.05, 4.69) is 12.2 Å². The first-order valence-corrected chi connectivity index (χ1v) is 15.5. The van der Waals surface area contributed by atoms with Crippen molar-refractivity contribution >= 4 is 22.0 Å². The number of ether oxygens (including phenoxy) is 1. The molecule has 0 spiro atoms. The Morgan fingerprint density at radius 1 is 1.00 bits per heavy atom. The first-order chi connectivity index (χ1) is 19.0. The zero-order valence-electron chi connectivity index (χ0n) is 22.9. The van der Waals surface area contributed by atoms with Crippen LogP contribution in [0.25, 0.3) is 0 Å². The maximum atomic E-state index is 13.5. The van der Waals surface area contributed by atoms with Crippen LogP contribution >= 0.6 is 0 Å². The van der Waals surface area contributed by atoms with Gasteiger partial charge in [-0.1, -0.05) is 31.9 Å². The van der Waals surface area contributed by atoms with Crippen LogP contribution in [-0.4, -0.2) is 85.2 Å². The SMILES string of the molecule is CCCCCOC1CN(S(=O)(=O)N2CCCC(C(=O)N3CCC[C@@H]3C(=O)NCc3ccc(C(F)(F)F)cc3)C2)C1. The molecule has 2 atom stereocenters. The summed E-state index contributed by atoms with van der Waals surface area (Å²) in [6.45, 7) is 4.25. The molecule has 3 saturated heterocycles. The number of benzene rings is 1. The van der Waals surface area contributed by atoms with Crippen molar-refractivity contribution in [2.24, 2.45) is 5.92 Å². The minimum atomic E-state index is -4.43. The van der Waals surface area contributed by atoms with Gasteiger partial charge in [0.1, 0.15) is 6.04 Å². The third-order valence-electron chi connectivity index (χ3n) is 7.89. The zero-order chi connectivity index (χ0) is 28.9. The average Bonchev–Trinajstić information content (AvgIpc) is 3.40. The van der Waals surface area contributed by atoms with Crippen molar-refractivity contribution in [2.45, 2.75) is 76.7 Å². The molecule has 3 aliphatic heterocycles. The van der Waals surface area contributed by atoms with Crippen LogP contribution in [0, 0.1) is 5.92 Å². The fourth-order valence-electron chi connectivity index (χ4n) is 5.47. The van der Waals surface area contributed by atoms with Gasteiger partial charge in [-0.2, -0.15) is 30.2 Å². The number of amides is 2. The minimum Gasteiger partial charge on any atom is -0.375 e. The van der Waals surface area contributed by atoms with E-state index in [0.717, 1.165) is 31.4 Å². The summed E-state index contributed by atoms with van der Waals surface area (Å²) >= 11 is 0. The quantitative estimate of drug-likeness (QED) is 0.401. The van der Waals surface area contributed by atoms with Gasteiger partial charge in [-0.3, -0.25) is 9.59 Å². The molecule has 0 bridgehead atoms. The Balaban J connectivity index is 1.28. The molecule has 40 heavy (non-hydrogen) atoms. The van der Waals surface area contributed by atoms with Gasteiger partial charge < -0.3 is 15.0 Å². The highest BCUT2D eigenvalue weighted by atomic mass is 32.2. The molecule has 3 heterocycles. The van der Waals surface area contributed by atoms with Crippen molar-refractivity contribution in [3.05, 3.63) is 35.4 Å². The Labute approximate surface area is 234 Å². The van der Waals surface area contributed by atoms with E-state index in [9.17, 15) is 31.2 Å². The van der Waals surface area contributed by atoms with E-state index in [0.29, 0.717) is 64.0 Å². The highest BCUT2D eigenvalue weighted by Crippen LogP contribution is 2.30. The molecule has 9 nitrogen and oxygen atoms in total. The summed E-state index contributed by atoms with van der Waals surface area (Å²) in [4.78, 5) is 27.9. The normalized spacial score (nSPS) is 23.2. The highest BCUT2D eigenvalue weighted by Gasteiger charge is 2.44. The first kappa shape index (κ1) is 30.7. The van der Waals surface area contributed by atoms with Gasteiger partial charge in [0.2, 0.25) is 11.8 Å². The molecule has 0 radical (unpaired) electrons. The number of nitrogens with one attached hydrogen (secondary N) is 1. The van der Waals surface area contributed by atoms with Crippen LogP contribution in [0.3, 0.4) is 0 Å². The summed E-state index contributed by atoms with van der Waals surface area (Å²) < 4.78 is 73.3. The predicted octanol–water partition coefficient (Wildman–Crippen LogP) is 3.16. The first-order valence-electron chi connectivity index (χ1n) is 14.1. The second-order valence-electron chi connectivity index (χ2n) is 10.8. The number of rotatable bonds is 11. The van der Waals surface area contributed by atoms with Gasteiger partial charge in [-0.15, -0.1) is 0 Å². The Bertz CT molecular complexity index is 1130. The van der Waals surface area contributed by atoms with Crippen molar-refractivity contribution in [3.8, 4) is 0 Å². The van der Waals surface area contributed by atoms with E-state index in [4.69, 9.17) is 4.74 Å². The van der Waals surface area contributed by atoms with E-state index in [1.807, 2.05) is 0 Å². The van der Waals surface area contributed by atoms with Crippen molar-refractivity contribution in [3.63, 3.8) is 0 Å². The lowest BCUT2D eigenvalue weighted by Crippen LogP contribution is -2.60. The smallest absolute Gasteiger partial charge is 0.375 e. The Morgan fingerprint density at radius 3 is 2.38 bits per heavy atom. The van der Waals surface area contributed by atoms with Crippen LogP contribution < -0.4 is 5.32 Å². The van der Waals surface area contributed by atoms with Crippen LogP contribution in [0.4, 0.5) is 13.2 Å². The van der Waals surface area contributed by atoms with E-state index < -0.39 is 33.9 Å². The second kappa shape index (κ2) is 13.2. The van der Waals surface area contributed by atoms with Gasteiger partial charge in [0.25, 0.3) is 10.2 Å². The number of unbranched alkanes of at least 4 members (excludes halogenated alkanes) is 2. The predicted molar refractivity (Wildman–Crippen MR) is 142 cm³/mol. The van der Waals surface area contributed by atoms with Crippen molar-refractivity contribution in [2.75, 3.05) is 39.3 Å². The molecule has 13 heteroatoms. The van der Waals surface area contributed by atoms with Gasteiger partial charge >= 0.3 is 6.18 Å². The van der Waals surface area contributed by atoms with Gasteiger partial charge in [-0.05, 0) is 49.8 Å². The van der Waals surface area contributed by atoms with E-state index >= 15 is 0 Å². The van der Waals surface area contributed by atoms with Crippen LogP contribution in [0.15, 0.2) is 24.3 Å². The molecule has 3 fully saturated rings. The van der Waals surface area contributed by atoms with Gasteiger partial charge in [0.05, 0.1) is 17.6 Å². The van der Waals surface area contributed by atoms with E-state index in [-0.39, 0.29) is 31.0 Å². The number of piperidine rings is 1. The van der Waals surface area contributed by atoms with Crippen molar-refractivity contribution < 1.29 is 35.9 Å². The summed E-state index contributed by atoms with van der Waals surface area (Å²) in [5, 5.41) is 2.74. The van der Waals surface area contributed by atoms with Gasteiger partial charge in [-0.25, -0.2) is 0 Å². The fourth-order valence-corrected chi connectivity index (χ4v) is 7.23. The van der Waals surface area contributed by atoms with Crippen LogP contribution in [0.1, 0.15) is 63.0 Å². The molecule has 0 aromatic heterocycles. The lowest BCUT2D eigenvalue weighted by Gasteiger charge is -2.42. The van der Waals surface area contributed by atoms with E-state index in [1.165, 1.54) is 25.6 Å². The molecule has 224 valence electrons. The fraction of sp³-hybridized carbons (Fsp3) is 0.704. The third-order valence-corrected chi connectivity index (χ3v) is 9.82. The molecule has 1 N–H and O–H groups in total. The molecule has 0 saturated carbocycles. The standard InChI is InChI=1S/C27H39F3N4O5S/c1-2-3-4-15-39-23-18-33(19-23)40(37,38)32-13-5-7-21(17-32)26(36)34-14-6-8-24(34)25(35)31-16-20-9-11-22(12-10-20)27(28,29)30/h9-12,21,23-24H,2-8,13-19H2,1H3,(H,31,35)/t21?,24-/m1/s1. The zero-order valence-corrected chi connectivity index (χ0v) is 23.7. The average molecular weight is 589 g/mol. The maximum Gasteiger partial charge on any atom is 0.416 e. The van der Waals surface area contributed by atoms with Gasteiger partial charge in [0.15, 0.2) is 0 Å². The summed E-state index contributed by atoms with van der Waals surface area (Å²) in [7, 11) is -3.70. The number of hydrogen-bond donors (Lipinski definition) is 1. The summed E-state index contributed by atoms with van der Waals surface area (Å²) in [5.74, 6) is -1.13. The molecule has 1 aromatic carbocycles. The number of hydrogen-bond acceptors (Lipinski definition) is 5. The van der Waals surface area contributed by atoms with Crippen molar-refractivity contribution in [1.82, 2.24) is 18.8 Å². The number of carbonyl (C=O) groups excluding carboxylic acids is 2.